The maximum Gasteiger partial charge on any atom is 0.252 e. The first kappa shape index (κ1) is 21.8. The molecular formula is C27H29NO5. The predicted molar refractivity (Wildman–Crippen MR) is 123 cm³/mol. The fourth-order valence-electron chi connectivity index (χ4n) is 6.49. The lowest BCUT2D eigenvalue weighted by molar-refractivity contribution is -0.136. The van der Waals surface area contributed by atoms with E-state index in [9.17, 15) is 19.5 Å². The van der Waals surface area contributed by atoms with E-state index in [1.807, 2.05) is 6.92 Å². The first-order chi connectivity index (χ1) is 15.9. The summed E-state index contributed by atoms with van der Waals surface area (Å²) in [4.78, 5) is 37.8. The minimum atomic E-state index is -0.561. The largest absolute Gasteiger partial charge is 0.494 e. The van der Waals surface area contributed by atoms with Crippen LogP contribution in [0.4, 0.5) is 0 Å². The second-order valence-corrected chi connectivity index (χ2v) is 9.90. The maximum absolute atomic E-state index is 13.1. The summed E-state index contributed by atoms with van der Waals surface area (Å²) in [5.74, 6) is 1.30. The Morgan fingerprint density at radius 2 is 1.73 bits per heavy atom. The van der Waals surface area contributed by atoms with Gasteiger partial charge in [0.15, 0.2) is 12.1 Å². The van der Waals surface area contributed by atoms with Crippen LogP contribution >= 0.6 is 0 Å². The predicted octanol–water partition coefficient (Wildman–Crippen LogP) is 3.80. The molecule has 6 rings (SSSR count). The third-order valence-electron chi connectivity index (χ3n) is 7.65. The van der Waals surface area contributed by atoms with Crippen LogP contribution in [0.2, 0.25) is 0 Å². The normalized spacial score (nSPS) is 29.5. The van der Waals surface area contributed by atoms with Crippen LogP contribution in [0.25, 0.3) is 0 Å². The molecule has 172 valence electrons. The second kappa shape index (κ2) is 8.41. The molecule has 4 fully saturated rings. The van der Waals surface area contributed by atoms with Gasteiger partial charge in [0.1, 0.15) is 5.75 Å². The SMILES string of the molecule is CCOc1ccc(C(=O)c2ccc(C(=O)NC3C4CC5CC3CC(O)(C5)C4)c(C=O)c2)cc1. The molecule has 6 heteroatoms. The second-order valence-electron chi connectivity index (χ2n) is 9.90. The Kier molecular flexibility index (Phi) is 5.57. The number of ketones is 1. The van der Waals surface area contributed by atoms with Crippen LogP contribution in [0.1, 0.15) is 75.7 Å². The first-order valence-electron chi connectivity index (χ1n) is 11.8. The molecule has 4 aliphatic rings. The van der Waals surface area contributed by atoms with E-state index in [0.29, 0.717) is 35.7 Å². The summed E-state index contributed by atoms with van der Waals surface area (Å²) in [6.45, 7) is 2.44. The zero-order chi connectivity index (χ0) is 23.2. The number of carbonyl (C=O) groups excluding carboxylic acids is 3. The Hall–Kier alpha value is -2.99. The molecule has 2 N–H and O–H groups in total. The molecule has 2 unspecified atom stereocenters. The van der Waals surface area contributed by atoms with Gasteiger partial charge in [-0.2, -0.15) is 0 Å². The van der Waals surface area contributed by atoms with Crippen LogP contribution in [0.5, 0.6) is 5.75 Å². The van der Waals surface area contributed by atoms with Crippen LogP contribution in [0, 0.1) is 17.8 Å². The number of carbonyl (C=O) groups is 3. The molecule has 2 atom stereocenters. The Morgan fingerprint density at radius 1 is 1.06 bits per heavy atom. The molecule has 0 heterocycles. The van der Waals surface area contributed by atoms with Crippen LogP contribution in [-0.4, -0.2) is 41.3 Å². The molecule has 2 aromatic carbocycles. The molecule has 0 radical (unpaired) electrons. The zero-order valence-electron chi connectivity index (χ0n) is 18.8. The molecule has 0 aromatic heterocycles. The van der Waals surface area contributed by atoms with Crippen molar-refractivity contribution in [1.29, 1.82) is 0 Å². The van der Waals surface area contributed by atoms with Crippen molar-refractivity contribution in [3.8, 4) is 5.75 Å². The Labute approximate surface area is 193 Å². The van der Waals surface area contributed by atoms with E-state index >= 15 is 0 Å². The van der Waals surface area contributed by atoms with Crippen LogP contribution in [0.15, 0.2) is 42.5 Å². The molecule has 2 aromatic rings. The molecule has 4 saturated carbocycles. The van der Waals surface area contributed by atoms with E-state index in [1.165, 1.54) is 6.07 Å². The number of rotatable bonds is 7. The van der Waals surface area contributed by atoms with Gasteiger partial charge in [-0.15, -0.1) is 0 Å². The number of aliphatic hydroxyl groups is 1. The van der Waals surface area contributed by atoms with Crippen molar-refractivity contribution in [2.24, 2.45) is 17.8 Å². The first-order valence-corrected chi connectivity index (χ1v) is 11.8. The lowest BCUT2D eigenvalue weighted by Crippen LogP contribution is -2.61. The van der Waals surface area contributed by atoms with Crippen molar-refractivity contribution < 1.29 is 24.2 Å². The molecule has 6 nitrogen and oxygen atoms in total. The number of aldehydes is 1. The Balaban J connectivity index is 1.32. The lowest BCUT2D eigenvalue weighted by Gasteiger charge is -2.58. The van der Waals surface area contributed by atoms with Crippen molar-refractivity contribution in [2.75, 3.05) is 6.61 Å². The summed E-state index contributed by atoms with van der Waals surface area (Å²) in [5.41, 5.74) is 0.760. The van der Waals surface area contributed by atoms with E-state index in [-0.39, 0.29) is 40.7 Å². The standard InChI is InChI=1S/C27H29NO5/c1-2-33-22-6-3-17(4-7-22)25(30)18-5-8-23(21(11-18)15-29)26(31)28-24-19-9-16-10-20(24)14-27(32,12-16)13-19/h3-8,11,15-16,19-20,24,32H,2,9-10,12-14H2,1H3,(H,28,31). The molecular weight excluding hydrogens is 418 g/mol. The van der Waals surface area contributed by atoms with Crippen molar-refractivity contribution >= 4 is 18.0 Å². The van der Waals surface area contributed by atoms with Crippen molar-refractivity contribution in [3.05, 3.63) is 64.7 Å². The van der Waals surface area contributed by atoms with Gasteiger partial charge >= 0.3 is 0 Å². The van der Waals surface area contributed by atoms with Gasteiger partial charge in [-0.3, -0.25) is 14.4 Å². The summed E-state index contributed by atoms with van der Waals surface area (Å²) in [6, 6.07) is 11.5. The summed E-state index contributed by atoms with van der Waals surface area (Å²) >= 11 is 0. The Morgan fingerprint density at radius 3 is 2.33 bits per heavy atom. The minimum Gasteiger partial charge on any atom is -0.494 e. The average molecular weight is 448 g/mol. The molecule has 1 amide bonds. The fraction of sp³-hybridized carbons (Fsp3) is 0.444. The highest BCUT2D eigenvalue weighted by molar-refractivity contribution is 6.11. The average Bonchev–Trinajstić information content (AvgIpc) is 2.80. The van der Waals surface area contributed by atoms with E-state index in [1.54, 1.807) is 36.4 Å². The van der Waals surface area contributed by atoms with Gasteiger partial charge in [0.05, 0.1) is 12.2 Å². The van der Waals surface area contributed by atoms with Crippen molar-refractivity contribution in [2.45, 2.75) is 50.7 Å². The van der Waals surface area contributed by atoms with Crippen LogP contribution in [-0.2, 0) is 0 Å². The summed E-state index contributed by atoms with van der Waals surface area (Å²) in [7, 11) is 0. The summed E-state index contributed by atoms with van der Waals surface area (Å²) in [6.07, 6.45) is 5.07. The molecule has 0 saturated heterocycles. The van der Waals surface area contributed by atoms with Gasteiger partial charge in [0.2, 0.25) is 0 Å². The van der Waals surface area contributed by atoms with E-state index in [0.717, 1.165) is 32.1 Å². The van der Waals surface area contributed by atoms with Gasteiger partial charge in [0.25, 0.3) is 5.91 Å². The van der Waals surface area contributed by atoms with E-state index in [2.05, 4.69) is 5.32 Å². The quantitative estimate of drug-likeness (QED) is 0.498. The highest BCUT2D eigenvalue weighted by Gasteiger charge is 2.55. The number of hydrogen-bond donors (Lipinski definition) is 2. The fourth-order valence-corrected chi connectivity index (χ4v) is 6.49. The molecule has 4 aliphatic carbocycles. The van der Waals surface area contributed by atoms with Crippen LogP contribution < -0.4 is 10.1 Å². The Bertz CT molecular complexity index is 1080. The molecule has 33 heavy (non-hydrogen) atoms. The topological polar surface area (TPSA) is 92.7 Å². The van der Waals surface area contributed by atoms with Gasteiger partial charge in [0, 0.05) is 28.3 Å². The van der Waals surface area contributed by atoms with Crippen molar-refractivity contribution in [3.63, 3.8) is 0 Å². The monoisotopic (exact) mass is 447 g/mol. The van der Waals surface area contributed by atoms with Gasteiger partial charge in [-0.05, 0) is 93.2 Å². The number of hydrogen-bond acceptors (Lipinski definition) is 5. The third-order valence-corrected chi connectivity index (χ3v) is 7.65. The molecule has 0 aliphatic heterocycles. The minimum absolute atomic E-state index is 0.0268. The molecule has 0 spiro atoms. The molecule has 4 bridgehead atoms. The smallest absolute Gasteiger partial charge is 0.252 e. The highest BCUT2D eigenvalue weighted by atomic mass is 16.5. The third kappa shape index (κ3) is 4.08. The highest BCUT2D eigenvalue weighted by Crippen LogP contribution is 2.55. The summed E-state index contributed by atoms with van der Waals surface area (Å²) in [5, 5.41) is 13.9. The number of benzene rings is 2. The van der Waals surface area contributed by atoms with Gasteiger partial charge in [-0.25, -0.2) is 0 Å². The van der Waals surface area contributed by atoms with E-state index in [4.69, 9.17) is 4.74 Å². The summed E-state index contributed by atoms with van der Waals surface area (Å²) < 4.78 is 5.41. The zero-order valence-corrected chi connectivity index (χ0v) is 18.8. The number of ether oxygens (including phenoxy) is 1. The number of nitrogens with one attached hydrogen (secondary N) is 1. The maximum atomic E-state index is 13.1. The van der Waals surface area contributed by atoms with Crippen LogP contribution in [0.3, 0.4) is 0 Å². The lowest BCUT2D eigenvalue weighted by atomic mass is 9.52. The number of amides is 1. The van der Waals surface area contributed by atoms with Crippen molar-refractivity contribution in [1.82, 2.24) is 5.32 Å². The van der Waals surface area contributed by atoms with Gasteiger partial charge < -0.3 is 15.2 Å². The van der Waals surface area contributed by atoms with E-state index < -0.39 is 5.60 Å². The van der Waals surface area contributed by atoms with Gasteiger partial charge in [-0.1, -0.05) is 6.07 Å².